The molecule has 0 saturated carbocycles. The number of nitrogens with zero attached hydrogens (tertiary/aromatic N) is 2. The maximum Gasteiger partial charge on any atom is 0.244 e. The summed E-state index contributed by atoms with van der Waals surface area (Å²) in [5.41, 5.74) is 5.35. The smallest absolute Gasteiger partial charge is 0.244 e. The van der Waals surface area contributed by atoms with Crippen molar-refractivity contribution in [3.63, 3.8) is 0 Å². The molecule has 2 aromatic rings. The van der Waals surface area contributed by atoms with Crippen molar-refractivity contribution in [2.24, 2.45) is 0 Å². The van der Waals surface area contributed by atoms with Gasteiger partial charge in [0.2, 0.25) is 12.1 Å². The van der Waals surface area contributed by atoms with E-state index in [-0.39, 0.29) is 11.6 Å². The number of rotatable bonds is 5. The van der Waals surface area contributed by atoms with Crippen molar-refractivity contribution < 1.29 is 14.2 Å². The van der Waals surface area contributed by atoms with Gasteiger partial charge in [-0.25, -0.2) is 9.13 Å². The van der Waals surface area contributed by atoms with E-state index < -0.39 is 0 Å². The summed E-state index contributed by atoms with van der Waals surface area (Å²) in [6.45, 7) is 6.73. The number of allylic oxidation sites excluding steroid dienone is 5. The number of halogens is 2. The molecule has 0 atom stereocenters. The average molecular weight is 430 g/mol. The van der Waals surface area contributed by atoms with Crippen molar-refractivity contribution in [2.75, 3.05) is 0 Å². The van der Waals surface area contributed by atoms with Crippen molar-refractivity contribution in [1.29, 1.82) is 0 Å². The van der Waals surface area contributed by atoms with Gasteiger partial charge in [0.1, 0.15) is 12.4 Å². The second-order valence-corrected chi connectivity index (χ2v) is 7.29. The Hall–Kier alpha value is -2.65. The molecule has 3 rings (SSSR count). The Labute approximate surface area is 181 Å². The van der Waals surface area contributed by atoms with Gasteiger partial charge in [0.15, 0.2) is 12.3 Å². The third kappa shape index (κ3) is 7.03. The molecule has 150 valence electrons. The largest absolute Gasteiger partial charge is 0.295 e. The number of hydrogen-bond donors (Lipinski definition) is 0. The van der Waals surface area contributed by atoms with Gasteiger partial charge in [0.25, 0.3) is 0 Å². The number of hydrogen-bond acceptors (Lipinski definition) is 2. The predicted molar refractivity (Wildman–Crippen MR) is 116 cm³/mol. The normalized spacial score (nSPS) is 12.4. The van der Waals surface area contributed by atoms with E-state index in [0.29, 0.717) is 22.2 Å². The topological polar surface area (TPSA) is 43.0 Å². The summed E-state index contributed by atoms with van der Waals surface area (Å²) < 4.78 is 3.84. The molecule has 0 bridgehead atoms. The first-order valence-corrected chi connectivity index (χ1v) is 9.91. The van der Waals surface area contributed by atoms with Crippen LogP contribution in [0.1, 0.15) is 31.1 Å². The van der Waals surface area contributed by atoms with Crippen LogP contribution >= 0.6 is 23.2 Å². The van der Waals surface area contributed by atoms with E-state index in [1.54, 1.807) is 37.3 Å². The first-order valence-electron chi connectivity index (χ1n) is 9.15. The number of aryl methyl sites for hydroxylation is 1. The Morgan fingerprint density at radius 3 is 2.55 bits per heavy atom. The van der Waals surface area contributed by atoms with Crippen LogP contribution in [0.3, 0.4) is 0 Å². The van der Waals surface area contributed by atoms with Crippen LogP contribution in [0, 0.1) is 0 Å². The van der Waals surface area contributed by atoms with Crippen LogP contribution in [0.4, 0.5) is 0 Å². The van der Waals surface area contributed by atoms with Crippen LogP contribution < -0.4 is 4.57 Å². The summed E-state index contributed by atoms with van der Waals surface area (Å²) in [4.78, 5) is 22.9. The van der Waals surface area contributed by atoms with E-state index in [4.69, 9.17) is 23.2 Å². The minimum absolute atomic E-state index is 0.00687. The molecule has 4 nitrogen and oxygen atoms in total. The van der Waals surface area contributed by atoms with Crippen molar-refractivity contribution in [3.05, 3.63) is 93.7 Å². The Bertz CT molecular complexity index is 1040. The van der Waals surface area contributed by atoms with E-state index in [1.165, 1.54) is 0 Å². The molecule has 0 spiro atoms. The second kappa shape index (κ2) is 10.8. The molecule has 1 aliphatic rings. The highest BCUT2D eigenvalue weighted by Gasteiger charge is 2.12. The molecule has 0 N–H and O–H groups in total. The number of imidazole rings is 1. The summed E-state index contributed by atoms with van der Waals surface area (Å²) in [5, 5.41) is 0.858. The SMILES string of the molecule is CC(=O)C1=CC=C=C(C)C=C1.CCn1cc[n+](CC(=O)c2ccc(Cl)c(Cl)c2)c1. The van der Waals surface area contributed by atoms with E-state index in [2.05, 4.69) is 5.73 Å². The first kappa shape index (κ1) is 22.6. The first-order chi connectivity index (χ1) is 13.8. The highest BCUT2D eigenvalue weighted by Crippen LogP contribution is 2.22. The third-order valence-corrected chi connectivity index (χ3v) is 4.91. The Kier molecular flexibility index (Phi) is 8.41. The monoisotopic (exact) mass is 429 g/mol. The summed E-state index contributed by atoms with van der Waals surface area (Å²) in [7, 11) is 0. The molecule has 1 aliphatic carbocycles. The average Bonchev–Trinajstić information content (AvgIpc) is 3.02. The Morgan fingerprint density at radius 1 is 1.17 bits per heavy atom. The molecule has 0 saturated heterocycles. The van der Waals surface area contributed by atoms with E-state index >= 15 is 0 Å². The number of Topliss-reactive ketones (excluding diaryl/α,β-unsaturated/α-hetero) is 2. The van der Waals surface area contributed by atoms with Crippen molar-refractivity contribution >= 4 is 34.8 Å². The number of ketones is 2. The molecule has 29 heavy (non-hydrogen) atoms. The van der Waals surface area contributed by atoms with E-state index in [9.17, 15) is 9.59 Å². The zero-order chi connectivity index (χ0) is 21.4. The van der Waals surface area contributed by atoms with Crippen LogP contribution in [-0.2, 0) is 17.9 Å². The lowest BCUT2D eigenvalue weighted by Gasteiger charge is -2.00. The van der Waals surface area contributed by atoms with Crippen LogP contribution in [0.2, 0.25) is 10.0 Å². The molecule has 1 aromatic heterocycles. The third-order valence-electron chi connectivity index (χ3n) is 4.17. The van der Waals surface area contributed by atoms with Gasteiger partial charge < -0.3 is 0 Å². The number of carbonyl (C=O) groups is 2. The maximum atomic E-state index is 12.0. The zero-order valence-corrected chi connectivity index (χ0v) is 18.2. The minimum Gasteiger partial charge on any atom is -0.295 e. The van der Waals surface area contributed by atoms with Crippen LogP contribution in [0.5, 0.6) is 0 Å². The minimum atomic E-state index is 0.00687. The molecule has 0 unspecified atom stereocenters. The molecule has 1 aromatic carbocycles. The lowest BCUT2D eigenvalue weighted by Crippen LogP contribution is -2.35. The highest BCUT2D eigenvalue weighted by atomic mass is 35.5. The molecule has 0 amide bonds. The van der Waals surface area contributed by atoms with Gasteiger partial charge in [0.05, 0.1) is 16.6 Å². The lowest BCUT2D eigenvalue weighted by molar-refractivity contribution is -0.682. The molecular weight excluding hydrogens is 407 g/mol. The number of aromatic nitrogens is 2. The van der Waals surface area contributed by atoms with Crippen LogP contribution in [0.25, 0.3) is 0 Å². The number of carbonyl (C=O) groups excluding carboxylic acids is 2. The van der Waals surface area contributed by atoms with Gasteiger partial charge in [-0.05, 0) is 56.7 Å². The Balaban J connectivity index is 0.000000234. The fourth-order valence-electron chi connectivity index (χ4n) is 2.46. The zero-order valence-electron chi connectivity index (χ0n) is 16.7. The summed E-state index contributed by atoms with van der Waals surface area (Å²) in [5.74, 6) is 0.0985. The fraction of sp³-hybridized carbons (Fsp3) is 0.217. The molecule has 1 heterocycles. The van der Waals surface area contributed by atoms with Crippen LogP contribution in [-0.4, -0.2) is 16.1 Å². The lowest BCUT2D eigenvalue weighted by atomic mass is 10.1. The summed E-state index contributed by atoms with van der Waals surface area (Å²) in [6.07, 6.45) is 12.9. The van der Waals surface area contributed by atoms with Gasteiger partial charge in [-0.1, -0.05) is 35.4 Å². The molecule has 0 aliphatic heterocycles. The van der Waals surface area contributed by atoms with Gasteiger partial charge in [-0.15, -0.1) is 5.73 Å². The van der Waals surface area contributed by atoms with Crippen molar-refractivity contribution in [1.82, 2.24) is 4.57 Å². The standard InChI is InChI=1S/C13H13Cl2N2O.C10H10O/c1-2-16-5-6-17(9-16)8-13(18)10-3-4-11(14)12(15)7-10;1-8-4-3-5-10(7-6-8)9(2)11/h3-7,9H,2,8H2,1H3;3,5-7H,1-2H3/q+1;. The van der Waals surface area contributed by atoms with E-state index in [1.807, 2.05) is 53.9 Å². The Morgan fingerprint density at radius 2 is 1.93 bits per heavy atom. The predicted octanol–water partition coefficient (Wildman–Crippen LogP) is 5.16. The molecule has 0 radical (unpaired) electrons. The van der Waals surface area contributed by atoms with Crippen molar-refractivity contribution in [3.8, 4) is 0 Å². The second-order valence-electron chi connectivity index (χ2n) is 6.47. The van der Waals surface area contributed by atoms with Crippen LogP contribution in [0.15, 0.2) is 78.1 Å². The maximum absolute atomic E-state index is 12.0. The molecular formula is C23H23Cl2N2O2+. The van der Waals surface area contributed by atoms with Gasteiger partial charge in [-0.3, -0.25) is 9.59 Å². The molecule has 6 heteroatoms. The summed E-state index contributed by atoms with van der Waals surface area (Å²) in [6, 6.07) is 4.93. The fourth-order valence-corrected chi connectivity index (χ4v) is 2.76. The van der Waals surface area contributed by atoms with Crippen molar-refractivity contribution in [2.45, 2.75) is 33.9 Å². The molecule has 0 fully saturated rings. The van der Waals surface area contributed by atoms with E-state index in [0.717, 1.165) is 17.7 Å². The van der Waals surface area contributed by atoms with Gasteiger partial charge in [0, 0.05) is 11.1 Å². The highest BCUT2D eigenvalue weighted by molar-refractivity contribution is 6.42. The quantitative estimate of drug-likeness (QED) is 0.374. The van der Waals surface area contributed by atoms with Gasteiger partial charge in [-0.2, -0.15) is 0 Å². The summed E-state index contributed by atoms with van der Waals surface area (Å²) >= 11 is 11.7. The van der Waals surface area contributed by atoms with Gasteiger partial charge >= 0.3 is 0 Å². The number of benzene rings is 1.